The third-order valence-corrected chi connectivity index (χ3v) is 16.9. The molecule has 2 fully saturated rings. The molecule has 4 aromatic rings. The van der Waals surface area contributed by atoms with Crippen molar-refractivity contribution < 1.29 is 108 Å². The Morgan fingerprint density at radius 3 is 1.29 bits per heavy atom. The number of nitrogens with zero attached hydrogens (tertiary/aromatic N) is 2. The third-order valence-electron chi connectivity index (χ3n) is 16.9. The minimum absolute atomic E-state index is 0.0108. The van der Waals surface area contributed by atoms with Gasteiger partial charge in [-0.25, -0.2) is 10.9 Å². The summed E-state index contributed by atoms with van der Waals surface area (Å²) in [7, 11) is 2.55. The van der Waals surface area contributed by atoms with Crippen LogP contribution >= 0.6 is 0 Å². The zero-order valence-corrected chi connectivity index (χ0v) is 46.7. The van der Waals surface area contributed by atoms with E-state index in [4.69, 9.17) is 39.9 Å². The highest BCUT2D eigenvalue weighted by atomic mass is 16.7. The van der Waals surface area contributed by atoms with Crippen molar-refractivity contribution >= 4 is 46.4 Å². The molecular weight excluding hydrogens is 1130 g/mol. The van der Waals surface area contributed by atoms with Gasteiger partial charge in [-0.1, -0.05) is 24.3 Å². The van der Waals surface area contributed by atoms with E-state index < -0.39 is 216 Å². The lowest BCUT2D eigenvalue weighted by Gasteiger charge is -2.43. The van der Waals surface area contributed by atoms with Crippen LogP contribution in [-0.4, -0.2) is 185 Å². The van der Waals surface area contributed by atoms with Gasteiger partial charge in [0.25, 0.3) is 0 Å². The van der Waals surface area contributed by atoms with Crippen LogP contribution in [0.5, 0.6) is 34.5 Å². The van der Waals surface area contributed by atoms with Gasteiger partial charge >= 0.3 is 0 Å². The van der Waals surface area contributed by atoms with E-state index in [-0.39, 0.29) is 68.8 Å². The lowest BCUT2D eigenvalue weighted by molar-refractivity contribution is -0.246. The number of ketones is 4. The number of ether oxygens (including phenoxy) is 6. The van der Waals surface area contributed by atoms with Crippen molar-refractivity contribution in [2.75, 3.05) is 27.4 Å². The number of hydrogen-bond donors (Lipinski definition) is 14. The van der Waals surface area contributed by atoms with Gasteiger partial charge in [-0.2, -0.15) is 10.2 Å². The van der Waals surface area contributed by atoms with Gasteiger partial charge in [-0.05, 0) is 26.0 Å². The number of rotatable bonds is 15. The van der Waals surface area contributed by atoms with Gasteiger partial charge in [0.15, 0.2) is 24.1 Å². The first-order chi connectivity index (χ1) is 40.8. The Hall–Kier alpha value is -7.84. The van der Waals surface area contributed by atoms with Crippen LogP contribution in [-0.2, 0) is 41.4 Å². The summed E-state index contributed by atoms with van der Waals surface area (Å²) in [4.78, 5) is 83.3. The second kappa shape index (κ2) is 23.4. The number of hydrogen-bond acceptors (Lipinski definition) is 26. The van der Waals surface area contributed by atoms with E-state index in [1.807, 2.05) is 0 Å². The fraction of sp³-hybridized carbons (Fsp3) is 0.448. The highest BCUT2D eigenvalue weighted by Gasteiger charge is 2.52. The Balaban J connectivity index is 0.887. The number of benzene rings is 4. The summed E-state index contributed by atoms with van der Waals surface area (Å²) in [5.41, 5.74) is 6.76. The molecule has 16 N–H and O–H groups in total. The van der Waals surface area contributed by atoms with Gasteiger partial charge in [0, 0.05) is 96.8 Å². The van der Waals surface area contributed by atoms with Crippen LogP contribution in [0.25, 0.3) is 0 Å². The first kappa shape index (κ1) is 61.3. The molecule has 4 aliphatic carbocycles. The molecule has 0 spiro atoms. The number of phenolic OH excluding ortho intramolecular Hbond substituents is 4. The third kappa shape index (κ3) is 10.4. The largest absolute Gasteiger partial charge is 0.507 e. The number of aromatic hydroxyl groups is 4. The number of phenols is 4. The Bertz CT molecular complexity index is 3320. The average molecular weight is 1200 g/mol. The second-order valence-corrected chi connectivity index (χ2v) is 22.2. The van der Waals surface area contributed by atoms with Gasteiger partial charge in [-0.15, -0.1) is 0 Å². The topological polar surface area (TPSA) is 461 Å². The molecule has 2 amide bonds. The van der Waals surface area contributed by atoms with Crippen molar-refractivity contribution in [1.82, 2.24) is 10.9 Å². The molecule has 0 radical (unpaired) electrons. The Labute approximate surface area is 488 Å². The summed E-state index contributed by atoms with van der Waals surface area (Å²) in [6.45, 7) is 0.925. The second-order valence-electron chi connectivity index (χ2n) is 22.2. The molecule has 6 aliphatic rings. The molecule has 2 aliphatic heterocycles. The SMILES string of the molecule is COc1cccc2c1C(=O)c1c(O)c3c(c(O)c1C2=O)CC(O)(C(CO)=NNC(=O)CCC(=O)NN=C(CO)C1(O)Cc2c(O)c4c(c(O)c2C(OC2CC(N)C(O)C(C)O2)C1)C(=O)c1c(OC)cccc1C4=O)CC3OC1CC(N)C(O)C(C)O1. The quantitative estimate of drug-likeness (QED) is 0.0353. The Kier molecular flexibility index (Phi) is 16.7. The molecule has 10 rings (SSSR count). The lowest BCUT2D eigenvalue weighted by atomic mass is 9.71. The summed E-state index contributed by atoms with van der Waals surface area (Å²) in [5, 5.41) is 123. The molecule has 4 aromatic carbocycles. The molecule has 0 bridgehead atoms. The van der Waals surface area contributed by atoms with Crippen molar-refractivity contribution in [3.8, 4) is 34.5 Å². The van der Waals surface area contributed by atoms with E-state index >= 15 is 0 Å². The van der Waals surface area contributed by atoms with E-state index in [0.29, 0.717) is 0 Å². The summed E-state index contributed by atoms with van der Waals surface area (Å²) in [6.07, 6.45) is -13.6. The summed E-state index contributed by atoms with van der Waals surface area (Å²) in [6, 6.07) is 6.67. The van der Waals surface area contributed by atoms with Crippen molar-refractivity contribution in [2.45, 2.75) is 138 Å². The minimum atomic E-state index is -2.38. The molecule has 28 heteroatoms. The first-order valence-corrected chi connectivity index (χ1v) is 27.4. The maximum Gasteiger partial charge on any atom is 0.240 e. The zero-order valence-electron chi connectivity index (χ0n) is 46.7. The van der Waals surface area contributed by atoms with E-state index in [2.05, 4.69) is 21.1 Å². The fourth-order valence-corrected chi connectivity index (χ4v) is 12.4. The first-order valence-electron chi connectivity index (χ1n) is 27.4. The van der Waals surface area contributed by atoms with Gasteiger partial charge in [0.05, 0.1) is 109 Å². The van der Waals surface area contributed by atoms with Crippen LogP contribution in [0.4, 0.5) is 0 Å². The van der Waals surface area contributed by atoms with Crippen LogP contribution < -0.4 is 31.8 Å². The molecule has 458 valence electrons. The highest BCUT2D eigenvalue weighted by Crippen LogP contribution is 2.55. The van der Waals surface area contributed by atoms with Crippen molar-refractivity contribution in [3.63, 3.8) is 0 Å². The number of carbonyl (C=O) groups is 6. The molecular formula is C58H64N6O22. The molecule has 0 aromatic heterocycles. The number of hydrazone groups is 2. The number of nitrogens with one attached hydrogen (secondary N) is 2. The van der Waals surface area contributed by atoms with Gasteiger partial charge in [-0.3, -0.25) is 28.8 Å². The number of nitrogens with two attached hydrogens (primary N) is 2. The predicted molar refractivity (Wildman–Crippen MR) is 294 cm³/mol. The minimum Gasteiger partial charge on any atom is -0.507 e. The van der Waals surface area contributed by atoms with E-state index in [0.717, 1.165) is 0 Å². The van der Waals surface area contributed by atoms with Gasteiger partial charge in [0.2, 0.25) is 23.4 Å². The van der Waals surface area contributed by atoms with Gasteiger partial charge in [0.1, 0.15) is 45.7 Å². The lowest BCUT2D eigenvalue weighted by Crippen LogP contribution is -2.53. The smallest absolute Gasteiger partial charge is 0.240 e. The number of methoxy groups -OCH3 is 2. The molecule has 2 saturated heterocycles. The molecule has 28 nitrogen and oxygen atoms in total. The molecule has 0 saturated carbocycles. The molecule has 2 heterocycles. The van der Waals surface area contributed by atoms with Gasteiger partial charge < -0.3 is 91.0 Å². The van der Waals surface area contributed by atoms with Crippen molar-refractivity contribution in [2.24, 2.45) is 21.7 Å². The Morgan fingerprint density at radius 2 is 0.953 bits per heavy atom. The van der Waals surface area contributed by atoms with Crippen LogP contribution in [0, 0.1) is 0 Å². The number of amides is 2. The Morgan fingerprint density at radius 1 is 0.593 bits per heavy atom. The van der Waals surface area contributed by atoms with Crippen molar-refractivity contribution in [1.29, 1.82) is 0 Å². The van der Waals surface area contributed by atoms with Crippen LogP contribution in [0.15, 0.2) is 46.6 Å². The van der Waals surface area contributed by atoms with E-state index in [1.54, 1.807) is 0 Å². The number of aliphatic hydroxyl groups is 6. The normalized spacial score (nSPS) is 28.7. The van der Waals surface area contributed by atoms with Crippen LogP contribution in [0.2, 0.25) is 0 Å². The standard InChI is InChI=1S/C58H64N6O22/c1-21-47(69)27(59)13-37(83-21)85-31-17-57(79,15-25-41(31)55(77)45-43(51(25)73)49(71)23-7-5-9-29(81-3)39(23)53(45)75)33(19-65)61-63-35(67)11-12-36(68)64-62-34(20-66)58(80)16-26-42(32(18-58)86-38-14-28(60)48(70)22(2)84-38)56(78)46-44(52(26)74)50(72)24-8-6-10-30(82-4)40(24)54(46)76/h5-10,21-22,27-28,31-32,37-38,47-48,65-66,69-70,73-74,77-80H,11-20,59-60H2,1-4H3,(H,63,67)(H,64,68). The summed E-state index contributed by atoms with van der Waals surface area (Å²) >= 11 is 0. The summed E-state index contributed by atoms with van der Waals surface area (Å²) < 4.78 is 35.0. The number of fused-ring (bicyclic) bond motifs is 6. The zero-order chi connectivity index (χ0) is 62.2. The maximum atomic E-state index is 14.2. The van der Waals surface area contributed by atoms with Crippen LogP contribution in [0.1, 0.15) is 151 Å². The van der Waals surface area contributed by atoms with E-state index in [1.165, 1.54) is 64.5 Å². The van der Waals surface area contributed by atoms with E-state index in [9.17, 15) is 79.8 Å². The average Bonchev–Trinajstić information content (AvgIpc) is 0.744. The molecule has 12 unspecified atom stereocenters. The number of aliphatic hydroxyl groups excluding tert-OH is 4. The fourth-order valence-electron chi connectivity index (χ4n) is 12.4. The molecule has 86 heavy (non-hydrogen) atoms. The highest BCUT2D eigenvalue weighted by molar-refractivity contribution is 6.32. The maximum absolute atomic E-state index is 14.2. The monoisotopic (exact) mass is 1200 g/mol. The van der Waals surface area contributed by atoms with Crippen LogP contribution in [0.3, 0.4) is 0 Å². The predicted octanol–water partition coefficient (Wildman–Crippen LogP) is -0.397. The number of carbonyl (C=O) groups excluding carboxylic acids is 6. The molecule has 12 atom stereocenters. The van der Waals surface area contributed by atoms with Crippen molar-refractivity contribution in [3.05, 3.63) is 103 Å². The summed E-state index contributed by atoms with van der Waals surface area (Å²) in [5.74, 6) is -8.63.